The number of hydrogen-bond donors (Lipinski definition) is 0. The maximum Gasteiger partial charge on any atom is 0.169 e. The first kappa shape index (κ1) is 7.98. The third kappa shape index (κ3) is 1.45. The van der Waals surface area contributed by atoms with Gasteiger partial charge in [0.25, 0.3) is 0 Å². The van der Waals surface area contributed by atoms with Crippen molar-refractivity contribution in [2.45, 2.75) is 0 Å². The molecular formula is C10H5F2O. The first-order chi connectivity index (χ1) is 6.27. The molecule has 65 valence electrons. The molecule has 2 rings (SSSR count). The molecule has 1 aromatic heterocycles. The van der Waals surface area contributed by atoms with Crippen LogP contribution in [0.1, 0.15) is 0 Å². The fourth-order valence-electron chi connectivity index (χ4n) is 1.09. The van der Waals surface area contributed by atoms with Crippen LogP contribution >= 0.6 is 0 Å². The fraction of sp³-hybridized carbons (Fsp3) is 0. The summed E-state index contributed by atoms with van der Waals surface area (Å²) in [7, 11) is 0. The molecule has 0 aliphatic heterocycles. The van der Waals surface area contributed by atoms with Gasteiger partial charge in [0.05, 0.1) is 6.26 Å². The average molecular weight is 179 g/mol. The van der Waals surface area contributed by atoms with E-state index in [9.17, 15) is 8.78 Å². The van der Waals surface area contributed by atoms with Crippen LogP contribution in [-0.4, -0.2) is 0 Å². The zero-order valence-electron chi connectivity index (χ0n) is 6.55. The van der Waals surface area contributed by atoms with E-state index >= 15 is 0 Å². The van der Waals surface area contributed by atoms with Gasteiger partial charge in [0.1, 0.15) is 11.6 Å². The Kier molecular flexibility index (Phi) is 1.85. The molecule has 0 unspecified atom stereocenters. The molecule has 0 aliphatic carbocycles. The fourth-order valence-corrected chi connectivity index (χ4v) is 1.09. The topological polar surface area (TPSA) is 13.1 Å². The van der Waals surface area contributed by atoms with Crippen molar-refractivity contribution in [3.63, 3.8) is 0 Å². The van der Waals surface area contributed by atoms with Gasteiger partial charge in [0.15, 0.2) is 6.26 Å². The van der Waals surface area contributed by atoms with E-state index in [0.717, 1.165) is 6.07 Å². The van der Waals surface area contributed by atoms with E-state index in [2.05, 4.69) is 10.7 Å². The lowest BCUT2D eigenvalue weighted by Crippen LogP contribution is -1.83. The molecule has 0 saturated heterocycles. The lowest BCUT2D eigenvalue weighted by atomic mass is 10.1. The second kappa shape index (κ2) is 3.01. The van der Waals surface area contributed by atoms with Crippen molar-refractivity contribution in [3.05, 3.63) is 48.4 Å². The van der Waals surface area contributed by atoms with E-state index < -0.39 is 11.6 Å². The van der Waals surface area contributed by atoms with Gasteiger partial charge >= 0.3 is 0 Å². The predicted molar refractivity (Wildman–Crippen MR) is 42.9 cm³/mol. The Morgan fingerprint density at radius 2 is 2.08 bits per heavy atom. The molecule has 0 atom stereocenters. The second-order valence-corrected chi connectivity index (χ2v) is 2.58. The van der Waals surface area contributed by atoms with Gasteiger partial charge in [0.2, 0.25) is 0 Å². The predicted octanol–water partition coefficient (Wildman–Crippen LogP) is 3.02. The number of benzene rings is 1. The minimum Gasteiger partial charge on any atom is -0.460 e. The summed E-state index contributed by atoms with van der Waals surface area (Å²) in [6.45, 7) is 0. The number of halogens is 2. The molecule has 3 heteroatoms. The molecule has 0 bridgehead atoms. The summed E-state index contributed by atoms with van der Waals surface area (Å²) in [4.78, 5) is 0. The van der Waals surface area contributed by atoms with Crippen LogP contribution < -0.4 is 0 Å². The van der Waals surface area contributed by atoms with E-state index in [1.54, 1.807) is 0 Å². The highest BCUT2D eigenvalue weighted by Gasteiger charge is 2.06. The maximum absolute atomic E-state index is 13.1. The van der Waals surface area contributed by atoms with Crippen molar-refractivity contribution in [2.75, 3.05) is 0 Å². The molecule has 0 fully saturated rings. The molecule has 1 radical (unpaired) electrons. The normalized spacial score (nSPS) is 10.3. The Labute approximate surface area is 73.6 Å². The molecule has 1 nitrogen and oxygen atoms in total. The van der Waals surface area contributed by atoms with Crippen LogP contribution in [0.4, 0.5) is 8.78 Å². The van der Waals surface area contributed by atoms with Crippen molar-refractivity contribution in [2.24, 2.45) is 0 Å². The van der Waals surface area contributed by atoms with Crippen molar-refractivity contribution < 1.29 is 13.2 Å². The Balaban J connectivity index is 2.53. The number of furan rings is 1. The van der Waals surface area contributed by atoms with Gasteiger partial charge in [-0.15, -0.1) is 0 Å². The Hall–Kier alpha value is -1.64. The van der Waals surface area contributed by atoms with Crippen LogP contribution in [0.2, 0.25) is 0 Å². The number of rotatable bonds is 1. The molecule has 1 heterocycles. The molecule has 13 heavy (non-hydrogen) atoms. The molecule has 1 aromatic carbocycles. The highest BCUT2D eigenvalue weighted by atomic mass is 19.1. The van der Waals surface area contributed by atoms with Crippen LogP contribution in [0, 0.1) is 17.9 Å². The van der Waals surface area contributed by atoms with Gasteiger partial charge in [0, 0.05) is 17.2 Å². The summed E-state index contributed by atoms with van der Waals surface area (Å²) in [6.07, 6.45) is 3.79. The molecule has 2 aromatic rings. The molecule has 0 aliphatic rings. The van der Waals surface area contributed by atoms with Gasteiger partial charge in [-0.25, -0.2) is 8.78 Å². The van der Waals surface area contributed by atoms with Crippen LogP contribution in [0.25, 0.3) is 11.1 Å². The van der Waals surface area contributed by atoms with E-state index in [4.69, 9.17) is 0 Å². The van der Waals surface area contributed by atoms with Crippen LogP contribution in [0.3, 0.4) is 0 Å². The lowest BCUT2D eigenvalue weighted by molar-refractivity contribution is 0.558. The maximum atomic E-state index is 13.1. The van der Waals surface area contributed by atoms with Gasteiger partial charge in [-0.1, -0.05) is 0 Å². The van der Waals surface area contributed by atoms with Gasteiger partial charge in [-0.05, 0) is 18.2 Å². The standard InChI is InChI=1S/C10H5F2O/c11-8-1-2-9(10(12)5-8)7-3-4-13-6-7/h1-3,5-6H. The third-order valence-electron chi connectivity index (χ3n) is 1.71. The summed E-state index contributed by atoms with van der Waals surface area (Å²) in [5.74, 6) is -1.19. The quantitative estimate of drug-likeness (QED) is 0.655. The minimum absolute atomic E-state index is 0.311. The molecule has 0 N–H and O–H groups in total. The highest BCUT2D eigenvalue weighted by Crippen LogP contribution is 2.23. The number of hydrogen-bond acceptors (Lipinski definition) is 1. The van der Waals surface area contributed by atoms with E-state index in [0.29, 0.717) is 11.1 Å². The molecular weight excluding hydrogens is 174 g/mol. The van der Waals surface area contributed by atoms with Crippen molar-refractivity contribution in [1.82, 2.24) is 0 Å². The first-order valence-corrected chi connectivity index (χ1v) is 3.67. The molecule has 0 saturated carbocycles. The Morgan fingerprint density at radius 3 is 2.69 bits per heavy atom. The SMILES string of the molecule is Fc1ccc(-c2c[c]oc2)c(F)c1. The highest BCUT2D eigenvalue weighted by molar-refractivity contribution is 5.62. The van der Waals surface area contributed by atoms with Gasteiger partial charge in [-0.2, -0.15) is 0 Å². The zero-order chi connectivity index (χ0) is 9.26. The lowest BCUT2D eigenvalue weighted by Gasteiger charge is -1.98. The summed E-state index contributed by atoms with van der Waals surface area (Å²) >= 11 is 0. The monoisotopic (exact) mass is 179 g/mol. The largest absolute Gasteiger partial charge is 0.460 e. The third-order valence-corrected chi connectivity index (χ3v) is 1.71. The van der Waals surface area contributed by atoms with E-state index in [-0.39, 0.29) is 0 Å². The van der Waals surface area contributed by atoms with Crippen molar-refractivity contribution in [3.8, 4) is 11.1 Å². The smallest absolute Gasteiger partial charge is 0.169 e. The Morgan fingerprint density at radius 1 is 1.23 bits per heavy atom. The van der Waals surface area contributed by atoms with Crippen molar-refractivity contribution in [1.29, 1.82) is 0 Å². The average Bonchev–Trinajstić information content (AvgIpc) is 2.56. The van der Waals surface area contributed by atoms with Crippen LogP contribution in [0.5, 0.6) is 0 Å². The van der Waals surface area contributed by atoms with Gasteiger partial charge < -0.3 is 4.42 Å². The van der Waals surface area contributed by atoms with E-state index in [1.165, 1.54) is 24.5 Å². The second-order valence-electron chi connectivity index (χ2n) is 2.58. The molecule has 0 spiro atoms. The first-order valence-electron chi connectivity index (χ1n) is 3.67. The minimum atomic E-state index is -0.602. The Bertz CT molecular complexity index is 407. The zero-order valence-corrected chi connectivity index (χ0v) is 6.55. The summed E-state index contributed by atoms with van der Waals surface area (Å²) in [5, 5.41) is 0. The van der Waals surface area contributed by atoms with Crippen molar-refractivity contribution >= 4 is 0 Å². The van der Waals surface area contributed by atoms with E-state index in [1.807, 2.05) is 0 Å². The summed E-state index contributed by atoms with van der Waals surface area (Å²) < 4.78 is 30.3. The summed E-state index contributed by atoms with van der Waals surface area (Å²) in [6, 6.07) is 4.90. The summed E-state index contributed by atoms with van der Waals surface area (Å²) in [5.41, 5.74) is 0.865. The van der Waals surface area contributed by atoms with Gasteiger partial charge in [-0.3, -0.25) is 0 Å². The van der Waals surface area contributed by atoms with Crippen LogP contribution in [0.15, 0.2) is 34.9 Å². The molecule has 0 amide bonds. The van der Waals surface area contributed by atoms with Crippen LogP contribution in [-0.2, 0) is 0 Å².